The van der Waals surface area contributed by atoms with Gasteiger partial charge in [0.1, 0.15) is 5.82 Å². The van der Waals surface area contributed by atoms with E-state index in [2.05, 4.69) is 9.88 Å². The molecule has 1 aliphatic heterocycles. The largest absolute Gasteiger partial charge is 0.396 e. The molecular weight excluding hydrogens is 219 g/mol. The van der Waals surface area contributed by atoms with Crippen LogP contribution < -0.4 is 0 Å². The zero-order valence-corrected chi connectivity index (χ0v) is 9.98. The summed E-state index contributed by atoms with van der Waals surface area (Å²) in [7, 11) is 0. The average Bonchev–Trinajstić information content (AvgIpc) is 2.32. The number of pyridine rings is 1. The van der Waals surface area contributed by atoms with Gasteiger partial charge in [-0.2, -0.15) is 0 Å². The number of halogens is 1. The Morgan fingerprint density at radius 1 is 1.41 bits per heavy atom. The number of rotatable bonds is 4. The normalized spacial score (nSPS) is 21.6. The molecule has 1 unspecified atom stereocenters. The smallest absolute Gasteiger partial charge is 0.141 e. The molecular formula is C13H19FN2O. The molecule has 1 saturated heterocycles. The van der Waals surface area contributed by atoms with Crippen molar-refractivity contribution in [2.24, 2.45) is 0 Å². The zero-order chi connectivity index (χ0) is 12.1. The number of hydrogen-bond acceptors (Lipinski definition) is 3. The quantitative estimate of drug-likeness (QED) is 0.871. The summed E-state index contributed by atoms with van der Waals surface area (Å²) in [6, 6.07) is 1.97. The first-order valence-electron chi connectivity index (χ1n) is 6.24. The minimum atomic E-state index is -0.279. The Morgan fingerprint density at radius 2 is 2.29 bits per heavy atom. The number of aliphatic hydroxyl groups excluding tert-OH is 1. The molecule has 1 aromatic heterocycles. The van der Waals surface area contributed by atoms with Crippen LogP contribution in [0, 0.1) is 5.82 Å². The fraction of sp³-hybridized carbons (Fsp3) is 0.615. The lowest BCUT2D eigenvalue weighted by atomic mass is 9.99. The van der Waals surface area contributed by atoms with E-state index in [1.165, 1.54) is 25.1 Å². The third kappa shape index (κ3) is 3.48. The van der Waals surface area contributed by atoms with Gasteiger partial charge in [-0.1, -0.05) is 6.42 Å². The first-order chi connectivity index (χ1) is 8.29. The second-order valence-corrected chi connectivity index (χ2v) is 4.64. The topological polar surface area (TPSA) is 36.4 Å². The molecule has 4 heteroatoms. The second kappa shape index (κ2) is 6.07. The Kier molecular flexibility index (Phi) is 4.45. The van der Waals surface area contributed by atoms with Crippen molar-refractivity contribution in [3.8, 4) is 0 Å². The van der Waals surface area contributed by atoms with Crippen molar-refractivity contribution < 1.29 is 9.50 Å². The summed E-state index contributed by atoms with van der Waals surface area (Å²) >= 11 is 0. The summed E-state index contributed by atoms with van der Waals surface area (Å²) in [5, 5.41) is 9.05. The maximum absolute atomic E-state index is 13.0. The third-order valence-corrected chi connectivity index (χ3v) is 3.36. The van der Waals surface area contributed by atoms with Crippen LogP contribution in [0.4, 0.5) is 4.39 Å². The van der Waals surface area contributed by atoms with E-state index in [0.29, 0.717) is 6.04 Å². The lowest BCUT2D eigenvalue weighted by Gasteiger charge is -2.35. The number of nitrogens with zero attached hydrogens (tertiary/aromatic N) is 2. The molecule has 0 radical (unpaired) electrons. The first-order valence-corrected chi connectivity index (χ1v) is 6.24. The van der Waals surface area contributed by atoms with E-state index < -0.39 is 0 Å². The van der Waals surface area contributed by atoms with Crippen LogP contribution in [0.2, 0.25) is 0 Å². The van der Waals surface area contributed by atoms with Crippen LogP contribution in [0.25, 0.3) is 0 Å². The Balaban J connectivity index is 2.00. The molecule has 94 valence electrons. The molecule has 17 heavy (non-hydrogen) atoms. The van der Waals surface area contributed by atoms with Crippen molar-refractivity contribution >= 4 is 0 Å². The van der Waals surface area contributed by atoms with Crippen molar-refractivity contribution in [1.82, 2.24) is 9.88 Å². The van der Waals surface area contributed by atoms with Gasteiger partial charge in [0.05, 0.1) is 6.20 Å². The standard InChI is InChI=1S/C13H19FN2O/c14-12-7-11(8-15-9-12)10-16-5-2-1-3-13(16)4-6-17/h7-9,13,17H,1-6,10H2. The van der Waals surface area contributed by atoms with E-state index in [-0.39, 0.29) is 12.4 Å². The van der Waals surface area contributed by atoms with Crippen molar-refractivity contribution in [2.75, 3.05) is 13.2 Å². The molecule has 1 aromatic rings. The monoisotopic (exact) mass is 238 g/mol. The maximum atomic E-state index is 13.0. The third-order valence-electron chi connectivity index (χ3n) is 3.36. The van der Waals surface area contributed by atoms with Gasteiger partial charge in [0.25, 0.3) is 0 Å². The van der Waals surface area contributed by atoms with E-state index in [1.54, 1.807) is 6.20 Å². The molecule has 1 N–H and O–H groups in total. The van der Waals surface area contributed by atoms with Crippen molar-refractivity contribution in [2.45, 2.75) is 38.3 Å². The van der Waals surface area contributed by atoms with E-state index in [0.717, 1.165) is 31.5 Å². The number of likely N-dealkylation sites (tertiary alicyclic amines) is 1. The minimum absolute atomic E-state index is 0.225. The number of piperidine rings is 1. The van der Waals surface area contributed by atoms with Crippen LogP contribution >= 0.6 is 0 Å². The van der Waals surface area contributed by atoms with Crippen LogP contribution in [-0.2, 0) is 6.54 Å². The highest BCUT2D eigenvalue weighted by atomic mass is 19.1. The molecule has 3 nitrogen and oxygen atoms in total. The van der Waals surface area contributed by atoms with Gasteiger partial charge >= 0.3 is 0 Å². The summed E-state index contributed by atoms with van der Waals surface area (Å²) in [5.74, 6) is -0.279. The summed E-state index contributed by atoms with van der Waals surface area (Å²) in [6.45, 7) is 1.99. The highest BCUT2D eigenvalue weighted by Gasteiger charge is 2.21. The van der Waals surface area contributed by atoms with Crippen LogP contribution in [0.1, 0.15) is 31.2 Å². The summed E-state index contributed by atoms with van der Waals surface area (Å²) < 4.78 is 13.0. The fourth-order valence-corrected chi connectivity index (χ4v) is 2.52. The van der Waals surface area contributed by atoms with Crippen molar-refractivity contribution in [3.05, 3.63) is 29.8 Å². The summed E-state index contributed by atoms with van der Waals surface area (Å²) in [4.78, 5) is 6.20. The van der Waals surface area contributed by atoms with E-state index in [4.69, 9.17) is 5.11 Å². The van der Waals surface area contributed by atoms with E-state index >= 15 is 0 Å². The maximum Gasteiger partial charge on any atom is 0.141 e. The van der Waals surface area contributed by atoms with Gasteiger partial charge in [0, 0.05) is 25.4 Å². The van der Waals surface area contributed by atoms with Crippen LogP contribution in [0.5, 0.6) is 0 Å². The molecule has 0 saturated carbocycles. The molecule has 1 atom stereocenters. The predicted molar refractivity (Wildman–Crippen MR) is 63.9 cm³/mol. The van der Waals surface area contributed by atoms with Gasteiger partial charge in [0.2, 0.25) is 0 Å². The number of hydrogen-bond donors (Lipinski definition) is 1. The number of aliphatic hydroxyl groups is 1. The van der Waals surface area contributed by atoms with Crippen LogP contribution in [0.15, 0.2) is 18.5 Å². The Labute approximate surface area is 101 Å². The van der Waals surface area contributed by atoms with Gasteiger partial charge in [-0.25, -0.2) is 4.39 Å². The minimum Gasteiger partial charge on any atom is -0.396 e. The molecule has 0 bridgehead atoms. The highest BCUT2D eigenvalue weighted by molar-refractivity contribution is 5.10. The highest BCUT2D eigenvalue weighted by Crippen LogP contribution is 2.21. The molecule has 1 fully saturated rings. The summed E-state index contributed by atoms with van der Waals surface area (Å²) in [5.41, 5.74) is 0.912. The Morgan fingerprint density at radius 3 is 3.06 bits per heavy atom. The lowest BCUT2D eigenvalue weighted by Crippen LogP contribution is -2.39. The first kappa shape index (κ1) is 12.5. The molecule has 0 aliphatic carbocycles. The fourth-order valence-electron chi connectivity index (χ4n) is 2.52. The van der Waals surface area contributed by atoms with E-state index in [1.807, 2.05) is 0 Å². The number of aromatic nitrogens is 1. The zero-order valence-electron chi connectivity index (χ0n) is 9.98. The lowest BCUT2D eigenvalue weighted by molar-refractivity contribution is 0.112. The van der Waals surface area contributed by atoms with Gasteiger partial charge < -0.3 is 5.11 Å². The van der Waals surface area contributed by atoms with Crippen LogP contribution in [-0.4, -0.2) is 34.2 Å². The molecule has 0 aromatic carbocycles. The Hall–Kier alpha value is -1.00. The van der Waals surface area contributed by atoms with Crippen LogP contribution in [0.3, 0.4) is 0 Å². The average molecular weight is 238 g/mol. The van der Waals surface area contributed by atoms with Crippen molar-refractivity contribution in [1.29, 1.82) is 0 Å². The molecule has 0 amide bonds. The Bertz CT molecular complexity index is 357. The van der Waals surface area contributed by atoms with Gasteiger partial charge in [-0.05, 0) is 37.4 Å². The van der Waals surface area contributed by atoms with Gasteiger partial charge in [0.15, 0.2) is 0 Å². The molecule has 1 aliphatic rings. The van der Waals surface area contributed by atoms with Crippen molar-refractivity contribution in [3.63, 3.8) is 0 Å². The second-order valence-electron chi connectivity index (χ2n) is 4.64. The molecule has 0 spiro atoms. The van der Waals surface area contributed by atoms with E-state index in [9.17, 15) is 4.39 Å². The SMILES string of the molecule is OCCC1CCCCN1Cc1cncc(F)c1. The van der Waals surface area contributed by atoms with Gasteiger partial charge in [-0.15, -0.1) is 0 Å². The van der Waals surface area contributed by atoms with Gasteiger partial charge in [-0.3, -0.25) is 9.88 Å². The predicted octanol–water partition coefficient (Wildman–Crippen LogP) is 1.96. The molecule has 2 heterocycles. The summed E-state index contributed by atoms with van der Waals surface area (Å²) in [6.07, 6.45) is 7.29. The molecule has 2 rings (SSSR count).